The van der Waals surface area contributed by atoms with E-state index in [1.807, 2.05) is 33.8 Å². The third kappa shape index (κ3) is 8.31. The molecular formula is C20H30FNO3. The molecule has 140 valence electrons. The van der Waals surface area contributed by atoms with Crippen LogP contribution in [0.1, 0.15) is 49.2 Å². The van der Waals surface area contributed by atoms with Gasteiger partial charge in [-0.15, -0.1) is 0 Å². The number of halogens is 1. The van der Waals surface area contributed by atoms with Crippen LogP contribution in [0.3, 0.4) is 0 Å². The first-order chi connectivity index (χ1) is 12.1. The van der Waals surface area contributed by atoms with Gasteiger partial charge in [-0.3, -0.25) is 0 Å². The summed E-state index contributed by atoms with van der Waals surface area (Å²) in [7, 11) is 2.32. The van der Waals surface area contributed by atoms with Crippen LogP contribution in [0.15, 0.2) is 42.5 Å². The Hall–Kier alpha value is -2.40. The minimum absolute atomic E-state index is 0.287. The number of aliphatic hydroxyl groups is 1. The van der Waals surface area contributed by atoms with Gasteiger partial charge in [0.2, 0.25) is 0 Å². The average molecular weight is 351 g/mol. The number of nitrogen functional groups attached to an aromatic ring is 1. The molecule has 0 fully saturated rings. The van der Waals surface area contributed by atoms with Crippen LogP contribution in [-0.2, 0) is 11.2 Å². The predicted molar refractivity (Wildman–Crippen MR) is 102 cm³/mol. The maximum absolute atomic E-state index is 12.9. The molecule has 0 aromatic heterocycles. The molecule has 0 saturated carbocycles. The van der Waals surface area contributed by atoms with E-state index in [2.05, 4.69) is 0 Å². The zero-order valence-corrected chi connectivity index (χ0v) is 16.0. The predicted octanol–water partition coefficient (Wildman–Crippen LogP) is 4.45. The van der Waals surface area contributed by atoms with Gasteiger partial charge in [0, 0.05) is 12.8 Å². The summed E-state index contributed by atoms with van der Waals surface area (Å²) in [6.45, 7) is 8.00. The van der Waals surface area contributed by atoms with Crippen molar-refractivity contribution in [1.82, 2.24) is 0 Å². The lowest BCUT2D eigenvalue weighted by Gasteiger charge is -2.10. The first-order valence-corrected chi connectivity index (χ1v) is 8.26. The van der Waals surface area contributed by atoms with Crippen molar-refractivity contribution in [3.63, 3.8) is 0 Å². The van der Waals surface area contributed by atoms with Gasteiger partial charge >= 0.3 is 5.97 Å². The molecule has 0 aliphatic heterocycles. The lowest BCUT2D eigenvalue weighted by molar-refractivity contribution is 0.0601. The topological polar surface area (TPSA) is 72.5 Å². The van der Waals surface area contributed by atoms with Gasteiger partial charge in [0.1, 0.15) is 5.82 Å². The van der Waals surface area contributed by atoms with Crippen LogP contribution in [0.25, 0.3) is 0 Å². The summed E-state index contributed by atoms with van der Waals surface area (Å²) in [5.74, 6) is -0.750. The van der Waals surface area contributed by atoms with Crippen LogP contribution in [0.2, 0.25) is 0 Å². The number of anilines is 1. The third-order valence-electron chi connectivity index (χ3n) is 2.88. The highest BCUT2D eigenvalue weighted by Crippen LogP contribution is 2.21. The van der Waals surface area contributed by atoms with Gasteiger partial charge in [-0.1, -0.05) is 52.0 Å². The van der Waals surface area contributed by atoms with E-state index < -0.39 is 5.97 Å². The summed E-state index contributed by atoms with van der Waals surface area (Å²) in [6, 6.07) is 11.4. The van der Waals surface area contributed by atoms with Crippen molar-refractivity contribution >= 4 is 11.7 Å². The molecule has 0 saturated heterocycles. The van der Waals surface area contributed by atoms with Crippen LogP contribution < -0.4 is 5.73 Å². The molecule has 2 rings (SSSR count). The first-order valence-electron chi connectivity index (χ1n) is 8.26. The number of carbonyl (C=O) groups is 1. The Labute approximate surface area is 150 Å². The molecule has 2 aromatic carbocycles. The molecule has 0 bridgehead atoms. The maximum Gasteiger partial charge on any atom is 0.340 e. The van der Waals surface area contributed by atoms with Crippen molar-refractivity contribution in [2.45, 2.75) is 34.1 Å². The van der Waals surface area contributed by atoms with Gasteiger partial charge in [0.05, 0.1) is 12.7 Å². The Morgan fingerprint density at radius 1 is 1.04 bits per heavy atom. The van der Waals surface area contributed by atoms with Crippen molar-refractivity contribution in [2.24, 2.45) is 0 Å². The molecule has 4 nitrogen and oxygen atoms in total. The largest absolute Gasteiger partial charge is 0.465 e. The number of benzene rings is 2. The van der Waals surface area contributed by atoms with Gasteiger partial charge < -0.3 is 15.6 Å². The van der Waals surface area contributed by atoms with Crippen LogP contribution in [0, 0.1) is 5.82 Å². The van der Waals surface area contributed by atoms with Crippen LogP contribution >= 0.6 is 0 Å². The lowest BCUT2D eigenvalue weighted by Crippen LogP contribution is -2.09. The Kier molecular flexibility index (Phi) is 15.1. The van der Waals surface area contributed by atoms with E-state index in [4.69, 9.17) is 15.6 Å². The monoisotopic (exact) mass is 351 g/mol. The summed E-state index contributed by atoms with van der Waals surface area (Å²) in [6.07, 6.45) is 0.496. The Morgan fingerprint density at radius 2 is 1.56 bits per heavy atom. The van der Waals surface area contributed by atoms with Crippen molar-refractivity contribution in [1.29, 1.82) is 0 Å². The lowest BCUT2D eigenvalue weighted by atomic mass is 9.98. The fourth-order valence-electron chi connectivity index (χ4n) is 1.94. The zero-order valence-electron chi connectivity index (χ0n) is 16.0. The fraction of sp³-hybridized carbons (Fsp3) is 0.350. The van der Waals surface area contributed by atoms with Crippen molar-refractivity contribution in [2.75, 3.05) is 20.0 Å². The standard InChI is InChI=1S/C15H14FNO2.2C2H6.CH4O/c1-19-15(18)14-11(3-2-4-13(14)17)9-10-5-7-12(16)8-6-10;3*1-2/h2-8H,9,17H2,1H3;2*1-2H3;2H,1H3. The first kappa shape index (κ1) is 24.8. The van der Waals surface area contributed by atoms with Crippen molar-refractivity contribution in [3.8, 4) is 0 Å². The molecule has 0 atom stereocenters. The van der Waals surface area contributed by atoms with Crippen LogP contribution in [-0.4, -0.2) is 25.3 Å². The number of hydrogen-bond acceptors (Lipinski definition) is 4. The highest BCUT2D eigenvalue weighted by atomic mass is 19.1. The number of rotatable bonds is 3. The summed E-state index contributed by atoms with van der Waals surface area (Å²) in [5, 5.41) is 7.00. The number of methoxy groups -OCH3 is 1. The van der Waals surface area contributed by atoms with E-state index >= 15 is 0 Å². The molecule has 0 radical (unpaired) electrons. The number of ether oxygens (including phenoxy) is 1. The summed E-state index contributed by atoms with van der Waals surface area (Å²) in [4.78, 5) is 11.7. The number of carbonyl (C=O) groups excluding carboxylic acids is 1. The molecule has 0 aliphatic carbocycles. The van der Waals surface area contributed by atoms with Gasteiger partial charge in [0.15, 0.2) is 0 Å². The molecule has 0 heterocycles. The van der Waals surface area contributed by atoms with Crippen LogP contribution in [0.4, 0.5) is 10.1 Å². The molecule has 0 spiro atoms. The van der Waals surface area contributed by atoms with E-state index in [1.54, 1.807) is 24.3 Å². The van der Waals surface area contributed by atoms with Gasteiger partial charge in [-0.25, -0.2) is 9.18 Å². The summed E-state index contributed by atoms with van der Waals surface area (Å²) in [5.41, 5.74) is 8.23. The molecule has 0 amide bonds. The summed E-state index contributed by atoms with van der Waals surface area (Å²) >= 11 is 0. The quantitative estimate of drug-likeness (QED) is 0.633. The second-order valence-electron chi connectivity index (χ2n) is 4.18. The van der Waals surface area contributed by atoms with Gasteiger partial charge in [-0.2, -0.15) is 0 Å². The smallest absolute Gasteiger partial charge is 0.340 e. The second kappa shape index (κ2) is 15.1. The normalized spacial score (nSPS) is 8.48. The number of nitrogens with two attached hydrogens (primary N) is 1. The Bertz CT molecular complexity index is 598. The summed E-state index contributed by atoms with van der Waals surface area (Å²) < 4.78 is 17.6. The van der Waals surface area contributed by atoms with E-state index in [0.29, 0.717) is 17.7 Å². The van der Waals surface area contributed by atoms with Gasteiger partial charge in [0.25, 0.3) is 0 Å². The molecule has 5 heteroatoms. The van der Waals surface area contributed by atoms with Crippen molar-refractivity contribution in [3.05, 3.63) is 65.0 Å². The molecule has 0 unspecified atom stereocenters. The molecule has 2 aromatic rings. The molecular weight excluding hydrogens is 321 g/mol. The molecule has 0 aliphatic rings. The van der Waals surface area contributed by atoms with Crippen molar-refractivity contribution < 1.29 is 19.0 Å². The number of aliphatic hydroxyl groups excluding tert-OH is 1. The highest BCUT2D eigenvalue weighted by molar-refractivity contribution is 5.96. The molecule has 3 N–H and O–H groups in total. The SMILES string of the molecule is CC.CC.CO.COC(=O)c1c(N)cccc1Cc1ccc(F)cc1. The second-order valence-corrected chi connectivity index (χ2v) is 4.18. The highest BCUT2D eigenvalue weighted by Gasteiger charge is 2.15. The molecule has 25 heavy (non-hydrogen) atoms. The Morgan fingerprint density at radius 3 is 2.04 bits per heavy atom. The maximum atomic E-state index is 12.9. The minimum Gasteiger partial charge on any atom is -0.465 e. The van der Waals surface area contributed by atoms with Gasteiger partial charge in [-0.05, 0) is 35.7 Å². The number of esters is 1. The van der Waals surface area contributed by atoms with E-state index in [-0.39, 0.29) is 5.82 Å². The Balaban J connectivity index is 0. The van der Waals surface area contributed by atoms with E-state index in [1.165, 1.54) is 19.2 Å². The minimum atomic E-state index is -0.463. The number of hydrogen-bond donors (Lipinski definition) is 2. The van der Waals surface area contributed by atoms with E-state index in [0.717, 1.165) is 18.2 Å². The fourth-order valence-corrected chi connectivity index (χ4v) is 1.94. The average Bonchev–Trinajstić information content (AvgIpc) is 2.68. The van der Waals surface area contributed by atoms with Crippen LogP contribution in [0.5, 0.6) is 0 Å². The van der Waals surface area contributed by atoms with E-state index in [9.17, 15) is 9.18 Å². The third-order valence-corrected chi connectivity index (χ3v) is 2.88. The zero-order chi connectivity index (χ0) is 19.8.